The predicted molar refractivity (Wildman–Crippen MR) is 175 cm³/mol. The third-order valence-electron chi connectivity index (χ3n) is 8.15. The quantitative estimate of drug-likeness (QED) is 0.331. The molecule has 11 heteroatoms. The summed E-state index contributed by atoms with van der Waals surface area (Å²) in [6.45, 7) is 4.71. The highest BCUT2D eigenvalue weighted by Gasteiger charge is 2.54. The Kier molecular flexibility index (Phi) is 9.90. The second-order valence-electron chi connectivity index (χ2n) is 11.1. The number of carbonyl (C=O) groups excluding carboxylic acids is 1. The predicted octanol–water partition coefficient (Wildman–Crippen LogP) is 4.39. The number of amides is 1. The Morgan fingerprint density at radius 2 is 1.50 bits per heavy atom. The lowest BCUT2D eigenvalue weighted by atomic mass is 9.95. The SMILES string of the molecule is C#Cc1ccc(C2(C(=O)N3CCN(CCS(C)(=O)=O)CC3)N[C@H](c3ccc(Cl)cc3)[C@H](c3ccc(Cl)cc3)N2)c(OCC)c1. The van der Waals surface area contributed by atoms with Gasteiger partial charge >= 0.3 is 0 Å². The van der Waals surface area contributed by atoms with Crippen molar-refractivity contribution >= 4 is 38.9 Å². The molecule has 1 amide bonds. The fourth-order valence-electron chi connectivity index (χ4n) is 5.86. The lowest BCUT2D eigenvalue weighted by molar-refractivity contribution is -0.141. The molecular formula is C33H36Cl2N4O4S. The van der Waals surface area contributed by atoms with E-state index in [1.807, 2.05) is 72.5 Å². The average Bonchev–Trinajstić information content (AvgIpc) is 3.42. The zero-order valence-electron chi connectivity index (χ0n) is 24.7. The minimum Gasteiger partial charge on any atom is -0.493 e. The molecule has 3 atom stereocenters. The van der Waals surface area contributed by atoms with Gasteiger partial charge in [0.1, 0.15) is 15.6 Å². The lowest BCUT2D eigenvalue weighted by Crippen LogP contribution is -2.62. The van der Waals surface area contributed by atoms with Crippen LogP contribution in [-0.2, 0) is 20.3 Å². The molecule has 2 fully saturated rings. The van der Waals surface area contributed by atoms with Crippen LogP contribution in [0.2, 0.25) is 10.0 Å². The van der Waals surface area contributed by atoms with Gasteiger partial charge < -0.3 is 9.64 Å². The van der Waals surface area contributed by atoms with Crippen molar-refractivity contribution < 1.29 is 17.9 Å². The van der Waals surface area contributed by atoms with E-state index in [2.05, 4.69) is 21.5 Å². The van der Waals surface area contributed by atoms with Crippen molar-refractivity contribution in [1.82, 2.24) is 20.4 Å². The van der Waals surface area contributed by atoms with E-state index in [1.165, 1.54) is 6.26 Å². The summed E-state index contributed by atoms with van der Waals surface area (Å²) < 4.78 is 29.6. The zero-order valence-corrected chi connectivity index (χ0v) is 27.1. The molecule has 0 spiro atoms. The van der Waals surface area contributed by atoms with E-state index < -0.39 is 15.5 Å². The van der Waals surface area contributed by atoms with Crippen LogP contribution >= 0.6 is 23.2 Å². The molecule has 3 aromatic rings. The van der Waals surface area contributed by atoms with Crippen LogP contribution in [0.5, 0.6) is 5.75 Å². The van der Waals surface area contributed by atoms with Gasteiger partial charge in [-0.3, -0.25) is 20.3 Å². The highest BCUT2D eigenvalue weighted by Crippen LogP contribution is 2.45. The Morgan fingerprint density at radius 1 is 0.955 bits per heavy atom. The molecule has 0 bridgehead atoms. The monoisotopic (exact) mass is 654 g/mol. The number of sulfone groups is 1. The molecule has 232 valence electrons. The van der Waals surface area contributed by atoms with Gasteiger partial charge in [0.2, 0.25) is 0 Å². The Morgan fingerprint density at radius 3 is 1.98 bits per heavy atom. The van der Waals surface area contributed by atoms with Crippen molar-refractivity contribution in [3.63, 3.8) is 0 Å². The summed E-state index contributed by atoms with van der Waals surface area (Å²) in [6, 6.07) is 19.9. The number of carbonyl (C=O) groups is 1. The maximum absolute atomic E-state index is 14.9. The standard InChI is InChI=1S/C33H36Cl2N4O4S/c1-4-23-6-15-28(29(22-23)43-5-2)33(32(40)39-18-16-38(17-19-39)20-21-44(3,41)42)36-30(24-7-11-26(34)12-8-24)31(37-33)25-9-13-27(35)14-10-25/h1,6-15,22,30-31,36-37H,5,16-21H2,2-3H3/t30-,31+,33?. The largest absolute Gasteiger partial charge is 0.493 e. The number of hydrogen-bond acceptors (Lipinski definition) is 7. The number of nitrogens with one attached hydrogen (secondary N) is 2. The van der Waals surface area contributed by atoms with Gasteiger partial charge in [0.15, 0.2) is 5.66 Å². The van der Waals surface area contributed by atoms with Crippen molar-refractivity contribution in [3.05, 3.63) is 99.0 Å². The normalized spacial score (nSPS) is 22.5. The fraction of sp³-hybridized carbons (Fsp3) is 0.364. The number of terminal acetylenes is 1. The summed E-state index contributed by atoms with van der Waals surface area (Å²) in [7, 11) is -3.09. The first-order valence-corrected chi connectivity index (χ1v) is 17.3. The van der Waals surface area contributed by atoms with Gasteiger partial charge in [-0.15, -0.1) is 6.42 Å². The van der Waals surface area contributed by atoms with Crippen LogP contribution in [0, 0.1) is 12.3 Å². The summed E-state index contributed by atoms with van der Waals surface area (Å²) in [5.41, 5.74) is 1.76. The molecule has 2 aliphatic rings. The van der Waals surface area contributed by atoms with Crippen LogP contribution in [-0.4, -0.2) is 75.5 Å². The molecule has 0 radical (unpaired) electrons. The van der Waals surface area contributed by atoms with Crippen LogP contribution in [0.1, 0.15) is 41.3 Å². The van der Waals surface area contributed by atoms with Crippen molar-refractivity contribution in [3.8, 4) is 18.1 Å². The second kappa shape index (κ2) is 13.5. The van der Waals surface area contributed by atoms with Crippen molar-refractivity contribution in [2.24, 2.45) is 0 Å². The number of nitrogens with zero attached hydrogens (tertiary/aromatic N) is 2. The van der Waals surface area contributed by atoms with Crippen LogP contribution in [0.25, 0.3) is 0 Å². The van der Waals surface area contributed by atoms with E-state index in [-0.39, 0.29) is 23.7 Å². The first-order chi connectivity index (χ1) is 21.0. The van der Waals surface area contributed by atoms with Gasteiger partial charge in [0, 0.05) is 60.2 Å². The number of halogens is 2. The van der Waals surface area contributed by atoms with E-state index in [0.717, 1.165) is 11.1 Å². The highest BCUT2D eigenvalue weighted by atomic mass is 35.5. The summed E-state index contributed by atoms with van der Waals surface area (Å²) in [4.78, 5) is 18.8. The van der Waals surface area contributed by atoms with E-state index in [1.54, 1.807) is 6.07 Å². The number of ether oxygens (including phenoxy) is 1. The first kappa shape index (κ1) is 32.3. The molecule has 2 aliphatic heterocycles. The number of benzene rings is 3. The van der Waals surface area contributed by atoms with Crippen LogP contribution in [0.4, 0.5) is 0 Å². The average molecular weight is 656 g/mol. The molecule has 2 heterocycles. The fourth-order valence-corrected chi connectivity index (χ4v) is 6.71. The van der Waals surface area contributed by atoms with Crippen molar-refractivity contribution in [2.75, 3.05) is 51.3 Å². The van der Waals surface area contributed by atoms with Crippen LogP contribution in [0.3, 0.4) is 0 Å². The molecule has 0 aromatic heterocycles. The maximum atomic E-state index is 14.9. The van der Waals surface area contributed by atoms with E-state index in [0.29, 0.717) is 66.3 Å². The third kappa shape index (κ3) is 7.07. The van der Waals surface area contributed by atoms with Crippen LogP contribution in [0.15, 0.2) is 66.7 Å². The smallest absolute Gasteiger partial charge is 0.262 e. The summed E-state index contributed by atoms with van der Waals surface area (Å²) in [5, 5.41) is 8.64. The molecular weight excluding hydrogens is 619 g/mol. The van der Waals surface area contributed by atoms with Gasteiger partial charge in [-0.1, -0.05) is 59.5 Å². The van der Waals surface area contributed by atoms with Crippen molar-refractivity contribution in [1.29, 1.82) is 0 Å². The summed E-state index contributed by atoms with van der Waals surface area (Å²) >= 11 is 12.5. The van der Waals surface area contributed by atoms with Gasteiger partial charge in [0.05, 0.1) is 24.4 Å². The lowest BCUT2D eigenvalue weighted by Gasteiger charge is -2.40. The van der Waals surface area contributed by atoms with E-state index in [9.17, 15) is 13.2 Å². The second-order valence-corrected chi connectivity index (χ2v) is 14.3. The zero-order chi connectivity index (χ0) is 31.5. The van der Waals surface area contributed by atoms with Gasteiger partial charge in [-0.2, -0.15) is 0 Å². The molecule has 0 aliphatic carbocycles. The van der Waals surface area contributed by atoms with Crippen LogP contribution < -0.4 is 15.4 Å². The van der Waals surface area contributed by atoms with E-state index >= 15 is 0 Å². The highest BCUT2D eigenvalue weighted by molar-refractivity contribution is 7.90. The Labute approximate surface area is 269 Å². The Bertz CT molecular complexity index is 1580. The van der Waals surface area contributed by atoms with Gasteiger partial charge in [0.25, 0.3) is 5.91 Å². The van der Waals surface area contributed by atoms with Crippen molar-refractivity contribution in [2.45, 2.75) is 24.7 Å². The molecule has 44 heavy (non-hydrogen) atoms. The molecule has 8 nitrogen and oxygen atoms in total. The molecule has 2 N–H and O–H groups in total. The van der Waals surface area contributed by atoms with Gasteiger partial charge in [-0.05, 0) is 54.4 Å². The van der Waals surface area contributed by atoms with Gasteiger partial charge in [-0.25, -0.2) is 8.42 Å². The number of rotatable bonds is 9. The van der Waals surface area contributed by atoms with E-state index in [4.69, 9.17) is 34.4 Å². The topological polar surface area (TPSA) is 91.0 Å². The summed E-state index contributed by atoms with van der Waals surface area (Å²) in [5.74, 6) is 3.10. The Balaban J connectivity index is 1.58. The number of hydrogen-bond donors (Lipinski definition) is 2. The minimum absolute atomic E-state index is 0.0821. The molecule has 3 aromatic carbocycles. The molecule has 0 saturated carbocycles. The first-order valence-electron chi connectivity index (χ1n) is 14.5. The summed E-state index contributed by atoms with van der Waals surface area (Å²) in [6.07, 6.45) is 6.98. The molecule has 2 saturated heterocycles. The third-order valence-corrected chi connectivity index (χ3v) is 9.57. The molecule has 1 unspecified atom stereocenters. The maximum Gasteiger partial charge on any atom is 0.262 e. The molecule has 5 rings (SSSR count). The Hall–Kier alpha value is -3.10. The minimum atomic E-state index is -3.09. The number of piperazine rings is 1.